The summed E-state index contributed by atoms with van der Waals surface area (Å²) in [5.74, 6) is 0.499. The van der Waals surface area contributed by atoms with Crippen LogP contribution in [0, 0.1) is 13.8 Å². The lowest BCUT2D eigenvalue weighted by Crippen LogP contribution is -2.38. The zero-order valence-corrected chi connectivity index (χ0v) is 22.3. The van der Waals surface area contributed by atoms with E-state index in [1.807, 2.05) is 29.8 Å². The maximum atomic E-state index is 13.1. The number of hydrogen-bond donors (Lipinski definition) is 1. The van der Waals surface area contributed by atoms with E-state index >= 15 is 0 Å². The second kappa shape index (κ2) is 12.7. The molecule has 188 valence electrons. The molecule has 1 aromatic heterocycles. The van der Waals surface area contributed by atoms with Gasteiger partial charge in [-0.25, -0.2) is 4.68 Å². The minimum Gasteiger partial charge on any atom is -0.333 e. The molecule has 2 rings (SSSR count). The van der Waals surface area contributed by atoms with Gasteiger partial charge >= 0.3 is 0 Å². The van der Waals surface area contributed by atoms with Gasteiger partial charge in [0, 0.05) is 24.4 Å². The topological polar surface area (TPSA) is 67.2 Å². The molecule has 6 nitrogen and oxygen atoms in total. The summed E-state index contributed by atoms with van der Waals surface area (Å²) in [6.45, 7) is 15.3. The highest BCUT2D eigenvalue weighted by Crippen LogP contribution is 2.28. The molecule has 0 aliphatic rings. The number of benzene rings is 1. The van der Waals surface area contributed by atoms with E-state index in [4.69, 9.17) is 5.10 Å². The van der Waals surface area contributed by atoms with Crippen molar-refractivity contribution in [1.82, 2.24) is 14.7 Å². The first-order chi connectivity index (χ1) is 16.1. The number of amides is 2. The Morgan fingerprint density at radius 1 is 1.03 bits per heavy atom. The lowest BCUT2D eigenvalue weighted by atomic mass is 9.92. The zero-order valence-electron chi connectivity index (χ0n) is 22.3. The quantitative estimate of drug-likeness (QED) is 0.370. The highest BCUT2D eigenvalue weighted by molar-refractivity contribution is 5.94. The number of unbranched alkanes of at least 4 members (excludes halogenated alkanes) is 4. The van der Waals surface area contributed by atoms with Crippen molar-refractivity contribution in [1.29, 1.82) is 0 Å². The van der Waals surface area contributed by atoms with Gasteiger partial charge in [-0.2, -0.15) is 5.10 Å². The molecule has 0 spiro atoms. The van der Waals surface area contributed by atoms with Crippen LogP contribution in [-0.4, -0.2) is 39.6 Å². The van der Waals surface area contributed by atoms with Gasteiger partial charge in [-0.05, 0) is 43.9 Å². The molecule has 1 heterocycles. The second-order valence-electron chi connectivity index (χ2n) is 10.3. The first-order valence-corrected chi connectivity index (χ1v) is 12.8. The molecule has 2 amide bonds. The van der Waals surface area contributed by atoms with E-state index in [-0.39, 0.29) is 23.8 Å². The summed E-state index contributed by atoms with van der Waals surface area (Å²) in [4.78, 5) is 27.5. The molecule has 6 heteroatoms. The van der Waals surface area contributed by atoms with Crippen molar-refractivity contribution in [3.05, 3.63) is 41.1 Å². The van der Waals surface area contributed by atoms with Gasteiger partial charge in [0.1, 0.15) is 5.82 Å². The highest BCUT2D eigenvalue weighted by Gasteiger charge is 2.23. The van der Waals surface area contributed by atoms with Gasteiger partial charge in [-0.3, -0.25) is 9.59 Å². The third-order valence-electron chi connectivity index (χ3n) is 6.22. The van der Waals surface area contributed by atoms with Crippen LogP contribution in [0.2, 0.25) is 0 Å². The second-order valence-corrected chi connectivity index (χ2v) is 10.3. The van der Waals surface area contributed by atoms with Crippen molar-refractivity contribution < 1.29 is 9.59 Å². The van der Waals surface area contributed by atoms with E-state index in [2.05, 4.69) is 52.9 Å². The maximum Gasteiger partial charge on any atom is 0.245 e. The van der Waals surface area contributed by atoms with Crippen LogP contribution in [0.4, 0.5) is 5.82 Å². The maximum absolute atomic E-state index is 13.1. The molecule has 0 radical (unpaired) electrons. The average Bonchev–Trinajstić information content (AvgIpc) is 3.19. The number of nitrogens with zero attached hydrogens (tertiary/aromatic N) is 3. The van der Waals surface area contributed by atoms with Crippen molar-refractivity contribution in [2.75, 3.05) is 18.4 Å². The Bertz CT molecular complexity index is 956. The first kappa shape index (κ1) is 27.6. The SMILES string of the molecule is CCCCCCCC(=O)N(CCC)CC(=O)Nc1cc(C(C)(C)C)nn1-c1cccc(C)c1C. The Balaban J connectivity index is 2.19. The lowest BCUT2D eigenvalue weighted by Gasteiger charge is -2.22. The van der Waals surface area contributed by atoms with Crippen LogP contribution in [-0.2, 0) is 15.0 Å². The molecular weight excluding hydrogens is 424 g/mol. The van der Waals surface area contributed by atoms with Gasteiger partial charge in [-0.15, -0.1) is 0 Å². The van der Waals surface area contributed by atoms with Crippen molar-refractivity contribution in [3.63, 3.8) is 0 Å². The standard InChI is InChI=1S/C28H44N4O2/c1-8-10-11-12-13-17-27(34)31(18-9-2)20-26(33)29-25-19-24(28(5,6)7)30-32(25)23-16-14-15-21(3)22(23)4/h14-16,19H,8-13,17-18,20H2,1-7H3,(H,29,33). The Hall–Kier alpha value is -2.63. The molecule has 1 N–H and O–H groups in total. The highest BCUT2D eigenvalue weighted by atomic mass is 16.2. The summed E-state index contributed by atoms with van der Waals surface area (Å²) in [5.41, 5.74) is 3.97. The molecule has 0 fully saturated rings. The summed E-state index contributed by atoms with van der Waals surface area (Å²) < 4.78 is 1.82. The molecule has 0 saturated heterocycles. The monoisotopic (exact) mass is 468 g/mol. The van der Waals surface area contributed by atoms with Crippen molar-refractivity contribution >= 4 is 17.6 Å². The number of carbonyl (C=O) groups excluding carboxylic acids is 2. The number of anilines is 1. The van der Waals surface area contributed by atoms with E-state index in [0.29, 0.717) is 18.8 Å². The molecule has 2 aromatic rings. The molecule has 0 aliphatic carbocycles. The predicted octanol–water partition coefficient (Wildman–Crippen LogP) is 6.32. The normalized spacial score (nSPS) is 11.5. The molecule has 1 aromatic carbocycles. The number of aryl methyl sites for hydroxylation is 1. The minimum atomic E-state index is -0.195. The van der Waals surface area contributed by atoms with E-state index in [0.717, 1.165) is 42.6 Å². The smallest absolute Gasteiger partial charge is 0.245 e. The van der Waals surface area contributed by atoms with Gasteiger partial charge in [0.2, 0.25) is 11.8 Å². The van der Waals surface area contributed by atoms with Crippen LogP contribution < -0.4 is 5.32 Å². The molecular formula is C28H44N4O2. The summed E-state index contributed by atoms with van der Waals surface area (Å²) in [5, 5.41) is 7.89. The summed E-state index contributed by atoms with van der Waals surface area (Å²) in [6.07, 6.45) is 6.84. The average molecular weight is 469 g/mol. The van der Waals surface area contributed by atoms with Crippen molar-refractivity contribution in [2.24, 2.45) is 0 Å². The predicted molar refractivity (Wildman–Crippen MR) is 141 cm³/mol. The fourth-order valence-corrected chi connectivity index (χ4v) is 3.94. The Kier molecular flexibility index (Phi) is 10.3. The number of nitrogens with one attached hydrogen (secondary N) is 1. The van der Waals surface area contributed by atoms with Crippen molar-refractivity contribution in [2.45, 2.75) is 98.8 Å². The molecule has 0 aliphatic heterocycles. The van der Waals surface area contributed by atoms with E-state index in [9.17, 15) is 9.59 Å². The fraction of sp³-hybridized carbons (Fsp3) is 0.607. The Morgan fingerprint density at radius 2 is 1.74 bits per heavy atom. The van der Waals surface area contributed by atoms with Gasteiger partial charge < -0.3 is 10.2 Å². The van der Waals surface area contributed by atoms with E-state index < -0.39 is 0 Å². The van der Waals surface area contributed by atoms with Gasteiger partial charge in [-0.1, -0.05) is 72.4 Å². The first-order valence-electron chi connectivity index (χ1n) is 12.8. The molecule has 34 heavy (non-hydrogen) atoms. The van der Waals surface area contributed by atoms with Crippen LogP contribution >= 0.6 is 0 Å². The fourth-order valence-electron chi connectivity index (χ4n) is 3.94. The Labute approximate surface area is 206 Å². The van der Waals surface area contributed by atoms with E-state index in [1.54, 1.807) is 4.90 Å². The molecule has 0 bridgehead atoms. The third kappa shape index (κ3) is 7.71. The number of hydrogen-bond acceptors (Lipinski definition) is 3. The van der Waals surface area contributed by atoms with E-state index in [1.165, 1.54) is 18.4 Å². The summed E-state index contributed by atoms with van der Waals surface area (Å²) in [7, 11) is 0. The van der Waals surface area contributed by atoms with Gasteiger partial charge in [0.05, 0.1) is 17.9 Å². The van der Waals surface area contributed by atoms with Crippen molar-refractivity contribution in [3.8, 4) is 5.69 Å². The molecule has 0 atom stereocenters. The van der Waals surface area contributed by atoms with Crippen LogP contribution in [0.15, 0.2) is 24.3 Å². The van der Waals surface area contributed by atoms with Crippen LogP contribution in [0.1, 0.15) is 96.4 Å². The Morgan fingerprint density at radius 3 is 2.38 bits per heavy atom. The molecule has 0 saturated carbocycles. The zero-order chi connectivity index (χ0) is 25.3. The largest absolute Gasteiger partial charge is 0.333 e. The van der Waals surface area contributed by atoms with Crippen LogP contribution in [0.3, 0.4) is 0 Å². The van der Waals surface area contributed by atoms with Crippen LogP contribution in [0.5, 0.6) is 0 Å². The van der Waals surface area contributed by atoms with Gasteiger partial charge in [0.15, 0.2) is 0 Å². The minimum absolute atomic E-state index is 0.0600. The van der Waals surface area contributed by atoms with Crippen LogP contribution in [0.25, 0.3) is 5.69 Å². The summed E-state index contributed by atoms with van der Waals surface area (Å²) in [6, 6.07) is 8.04. The summed E-state index contributed by atoms with van der Waals surface area (Å²) >= 11 is 0. The number of carbonyl (C=O) groups is 2. The third-order valence-corrected chi connectivity index (χ3v) is 6.22. The van der Waals surface area contributed by atoms with Gasteiger partial charge in [0.25, 0.3) is 0 Å². The number of aromatic nitrogens is 2. The lowest BCUT2D eigenvalue weighted by molar-refractivity contribution is -0.134. The number of rotatable bonds is 12. The molecule has 0 unspecified atom stereocenters.